The number of carbonyl (C=O) groups is 2. The van der Waals surface area contributed by atoms with Gasteiger partial charge in [-0.15, -0.1) is 0 Å². The molecule has 0 spiro atoms. The quantitative estimate of drug-likeness (QED) is 0.501. The maximum Gasteiger partial charge on any atom is 0.254 e. The fourth-order valence-corrected chi connectivity index (χ4v) is 6.08. The molecule has 1 aromatic heterocycles. The van der Waals surface area contributed by atoms with Crippen LogP contribution in [0.15, 0.2) is 72.8 Å². The molecular weight excluding hydrogens is 488 g/mol. The molecule has 0 saturated carbocycles. The number of piperazine rings is 1. The van der Waals surface area contributed by atoms with Crippen molar-refractivity contribution in [3.63, 3.8) is 0 Å². The first-order valence-corrected chi connectivity index (χ1v) is 14.2. The number of nitrogens with zero attached hydrogens (tertiary/aromatic N) is 4. The van der Waals surface area contributed by atoms with Gasteiger partial charge in [-0.05, 0) is 31.4 Å². The van der Waals surface area contributed by atoms with E-state index in [4.69, 9.17) is 9.72 Å². The monoisotopic (exact) mass is 524 g/mol. The van der Waals surface area contributed by atoms with Gasteiger partial charge in [0.2, 0.25) is 5.91 Å². The second-order valence-corrected chi connectivity index (χ2v) is 10.8. The fraction of sp³-hybridized carbons (Fsp3) is 0.406. The minimum atomic E-state index is 0.0501. The normalized spacial score (nSPS) is 20.8. The number of benzene rings is 2. The van der Waals surface area contributed by atoms with Crippen LogP contribution in [0, 0.1) is 5.92 Å². The molecule has 2 aromatic carbocycles. The van der Waals surface area contributed by atoms with Gasteiger partial charge in [0.05, 0.1) is 23.9 Å². The molecule has 3 aliphatic rings. The molecule has 3 fully saturated rings. The van der Waals surface area contributed by atoms with Gasteiger partial charge in [0.1, 0.15) is 0 Å². The molecule has 1 atom stereocenters. The lowest BCUT2D eigenvalue weighted by Crippen LogP contribution is -2.55. The number of amides is 2. The Kier molecular flexibility index (Phi) is 7.70. The van der Waals surface area contributed by atoms with Gasteiger partial charge in [-0.2, -0.15) is 0 Å². The predicted molar refractivity (Wildman–Crippen MR) is 151 cm³/mol. The largest absolute Gasteiger partial charge is 0.381 e. The van der Waals surface area contributed by atoms with Crippen LogP contribution in [0.1, 0.15) is 29.6 Å². The molecule has 3 aliphatic heterocycles. The first kappa shape index (κ1) is 25.7. The van der Waals surface area contributed by atoms with Crippen LogP contribution in [-0.2, 0) is 9.53 Å². The van der Waals surface area contributed by atoms with Crippen molar-refractivity contribution >= 4 is 11.8 Å². The summed E-state index contributed by atoms with van der Waals surface area (Å²) < 4.78 is 5.41. The molecule has 0 N–H and O–H groups in total. The van der Waals surface area contributed by atoms with Crippen molar-refractivity contribution in [2.45, 2.75) is 25.3 Å². The highest BCUT2D eigenvalue weighted by Gasteiger charge is 2.33. The van der Waals surface area contributed by atoms with Crippen molar-refractivity contribution in [2.75, 3.05) is 52.5 Å². The summed E-state index contributed by atoms with van der Waals surface area (Å²) in [6.07, 6.45) is 2.85. The first-order chi connectivity index (χ1) is 19.2. The average Bonchev–Trinajstić information content (AvgIpc) is 3.56. The number of carbonyl (C=O) groups excluding carboxylic acids is 2. The summed E-state index contributed by atoms with van der Waals surface area (Å²) in [5.74, 6) is 0.378. The van der Waals surface area contributed by atoms with Crippen LogP contribution in [0.3, 0.4) is 0 Å². The number of piperidine rings is 1. The minimum absolute atomic E-state index is 0.0501. The molecular formula is C32H36N4O3. The van der Waals surface area contributed by atoms with E-state index in [0.29, 0.717) is 37.9 Å². The number of ether oxygens (including phenoxy) is 1. The number of rotatable bonds is 5. The maximum absolute atomic E-state index is 13.7. The van der Waals surface area contributed by atoms with E-state index >= 15 is 0 Å². The standard InChI is InChI=1S/C32H36N4O3/c37-31(26-13-20-39-23-26)35-14-11-28(12-15-35)34-16-18-36(19-17-34)32(38)27-21-29(24-7-3-1-4-8-24)33-30(22-27)25-9-5-2-6-10-25/h1-10,21-22,26,28H,11-20,23H2. The number of pyridine rings is 1. The smallest absolute Gasteiger partial charge is 0.254 e. The molecule has 7 heteroatoms. The summed E-state index contributed by atoms with van der Waals surface area (Å²) in [6.45, 7) is 6.07. The van der Waals surface area contributed by atoms with Crippen molar-refractivity contribution in [1.29, 1.82) is 0 Å². The SMILES string of the molecule is O=C(c1cc(-c2ccccc2)nc(-c2ccccc2)c1)N1CCN(C2CCN(C(=O)C3CCOC3)CC2)CC1. The summed E-state index contributed by atoms with van der Waals surface area (Å²) in [6, 6.07) is 24.4. The molecule has 3 aromatic rings. The zero-order valence-corrected chi connectivity index (χ0v) is 22.4. The molecule has 0 radical (unpaired) electrons. The van der Waals surface area contributed by atoms with Crippen LogP contribution in [0.5, 0.6) is 0 Å². The van der Waals surface area contributed by atoms with E-state index in [0.717, 1.165) is 68.0 Å². The van der Waals surface area contributed by atoms with Crippen LogP contribution in [0.2, 0.25) is 0 Å². The molecule has 1 unspecified atom stereocenters. The summed E-state index contributed by atoms with van der Waals surface area (Å²) in [5.41, 5.74) is 4.30. The molecule has 6 rings (SSSR count). The van der Waals surface area contributed by atoms with Crippen molar-refractivity contribution in [3.8, 4) is 22.5 Å². The zero-order chi connectivity index (χ0) is 26.6. The average molecular weight is 525 g/mol. The molecule has 0 aliphatic carbocycles. The summed E-state index contributed by atoms with van der Waals surface area (Å²) in [7, 11) is 0. The van der Waals surface area contributed by atoms with Crippen LogP contribution in [0.25, 0.3) is 22.5 Å². The van der Waals surface area contributed by atoms with Crippen molar-refractivity contribution in [2.24, 2.45) is 5.92 Å². The number of hydrogen-bond acceptors (Lipinski definition) is 5. The Hall–Kier alpha value is -3.55. The second kappa shape index (κ2) is 11.7. The number of hydrogen-bond donors (Lipinski definition) is 0. The van der Waals surface area contributed by atoms with E-state index in [2.05, 4.69) is 4.90 Å². The third kappa shape index (κ3) is 5.75. The lowest BCUT2D eigenvalue weighted by Gasteiger charge is -2.43. The van der Waals surface area contributed by atoms with E-state index in [1.807, 2.05) is 82.6 Å². The lowest BCUT2D eigenvalue weighted by atomic mass is 9.99. The molecule has 2 amide bonds. The van der Waals surface area contributed by atoms with Gasteiger partial charge in [-0.25, -0.2) is 4.98 Å². The highest BCUT2D eigenvalue weighted by Crippen LogP contribution is 2.27. The molecule has 7 nitrogen and oxygen atoms in total. The maximum atomic E-state index is 13.7. The Balaban J connectivity index is 1.11. The predicted octanol–water partition coefficient (Wildman–Crippen LogP) is 4.20. The van der Waals surface area contributed by atoms with Gasteiger partial charge in [0.25, 0.3) is 5.91 Å². The summed E-state index contributed by atoms with van der Waals surface area (Å²) >= 11 is 0. The summed E-state index contributed by atoms with van der Waals surface area (Å²) in [4.78, 5) is 37.9. The van der Waals surface area contributed by atoms with E-state index < -0.39 is 0 Å². The Bertz CT molecular complexity index is 1220. The van der Waals surface area contributed by atoms with Crippen LogP contribution >= 0.6 is 0 Å². The highest BCUT2D eigenvalue weighted by molar-refractivity contribution is 5.96. The van der Waals surface area contributed by atoms with Gasteiger partial charge in [0, 0.05) is 68.6 Å². The van der Waals surface area contributed by atoms with E-state index in [9.17, 15) is 9.59 Å². The Labute approximate surface area is 230 Å². The van der Waals surface area contributed by atoms with E-state index in [1.54, 1.807) is 0 Å². The second-order valence-electron chi connectivity index (χ2n) is 10.8. The molecule has 0 bridgehead atoms. The van der Waals surface area contributed by atoms with Gasteiger partial charge in [-0.1, -0.05) is 60.7 Å². The number of likely N-dealkylation sites (tertiary alicyclic amines) is 1. The Morgan fingerprint density at radius 3 is 1.85 bits per heavy atom. The van der Waals surface area contributed by atoms with E-state index in [1.165, 1.54) is 0 Å². The third-order valence-corrected chi connectivity index (χ3v) is 8.38. The topological polar surface area (TPSA) is 66.0 Å². The van der Waals surface area contributed by atoms with Gasteiger partial charge >= 0.3 is 0 Å². The van der Waals surface area contributed by atoms with Crippen molar-refractivity contribution in [1.82, 2.24) is 19.7 Å². The Morgan fingerprint density at radius 1 is 0.718 bits per heavy atom. The third-order valence-electron chi connectivity index (χ3n) is 8.38. The molecule has 4 heterocycles. The van der Waals surface area contributed by atoms with Crippen molar-refractivity contribution in [3.05, 3.63) is 78.4 Å². The van der Waals surface area contributed by atoms with Crippen LogP contribution < -0.4 is 0 Å². The number of aromatic nitrogens is 1. The summed E-state index contributed by atoms with van der Waals surface area (Å²) in [5, 5.41) is 0. The highest BCUT2D eigenvalue weighted by atomic mass is 16.5. The Morgan fingerprint density at radius 2 is 1.31 bits per heavy atom. The van der Waals surface area contributed by atoms with Gasteiger partial charge in [-0.3, -0.25) is 14.5 Å². The minimum Gasteiger partial charge on any atom is -0.381 e. The first-order valence-electron chi connectivity index (χ1n) is 14.2. The molecule has 202 valence electrons. The molecule has 39 heavy (non-hydrogen) atoms. The van der Waals surface area contributed by atoms with Crippen LogP contribution in [-0.4, -0.2) is 90.0 Å². The van der Waals surface area contributed by atoms with E-state index in [-0.39, 0.29) is 17.7 Å². The van der Waals surface area contributed by atoms with Crippen molar-refractivity contribution < 1.29 is 14.3 Å². The lowest BCUT2D eigenvalue weighted by molar-refractivity contribution is -0.137. The fourth-order valence-electron chi connectivity index (χ4n) is 6.08. The van der Waals surface area contributed by atoms with Gasteiger partial charge in [0.15, 0.2) is 0 Å². The van der Waals surface area contributed by atoms with Crippen LogP contribution in [0.4, 0.5) is 0 Å². The molecule has 3 saturated heterocycles. The zero-order valence-electron chi connectivity index (χ0n) is 22.4. The van der Waals surface area contributed by atoms with Gasteiger partial charge < -0.3 is 14.5 Å².